The van der Waals surface area contributed by atoms with Gasteiger partial charge in [0, 0.05) is 11.4 Å². The van der Waals surface area contributed by atoms with Crippen LogP contribution in [0, 0.1) is 0 Å². The highest BCUT2D eigenvalue weighted by molar-refractivity contribution is 7.18. The molecule has 3 heterocycles. The number of esters is 1. The molecule has 1 aromatic carbocycles. The third-order valence-corrected chi connectivity index (χ3v) is 7.04. The number of rotatable bonds is 5. The zero-order valence-corrected chi connectivity index (χ0v) is 18.4. The fraction of sp³-hybridized carbons (Fsp3) is 0.409. The maximum atomic E-state index is 13.0. The first-order valence-electron chi connectivity index (χ1n) is 10.3. The van der Waals surface area contributed by atoms with E-state index in [1.807, 2.05) is 0 Å². The smallest absolute Gasteiger partial charge is 0.307 e. The molecular weight excluding hydrogens is 440 g/mol. The van der Waals surface area contributed by atoms with Gasteiger partial charge in [-0.05, 0) is 48.9 Å². The van der Waals surface area contributed by atoms with Gasteiger partial charge in [-0.1, -0.05) is 11.6 Å². The highest BCUT2D eigenvalue weighted by atomic mass is 35.5. The number of fused-ring (bicyclic) bond motifs is 4. The second kappa shape index (κ2) is 8.51. The van der Waals surface area contributed by atoms with Crippen LogP contribution in [0.4, 0.5) is 0 Å². The van der Waals surface area contributed by atoms with Gasteiger partial charge in [0.25, 0.3) is 5.56 Å². The molecule has 7 nitrogen and oxygen atoms in total. The van der Waals surface area contributed by atoms with Crippen molar-refractivity contribution < 1.29 is 19.0 Å². The van der Waals surface area contributed by atoms with Gasteiger partial charge in [-0.2, -0.15) is 0 Å². The first kappa shape index (κ1) is 20.3. The van der Waals surface area contributed by atoms with Crippen molar-refractivity contribution in [1.82, 2.24) is 9.55 Å². The zero-order valence-electron chi connectivity index (χ0n) is 16.8. The van der Waals surface area contributed by atoms with Crippen LogP contribution in [0.1, 0.15) is 35.3 Å². The molecular formula is C22H21ClN2O5S. The number of nitrogens with zero attached hydrogens (tertiary/aromatic N) is 2. The van der Waals surface area contributed by atoms with Crippen LogP contribution in [0.15, 0.2) is 23.3 Å². The number of carbonyl (C=O) groups is 1. The number of aryl methyl sites for hydroxylation is 3. The van der Waals surface area contributed by atoms with Gasteiger partial charge in [0.1, 0.15) is 24.7 Å². The van der Waals surface area contributed by atoms with Gasteiger partial charge in [-0.3, -0.25) is 14.2 Å². The second-order valence-corrected chi connectivity index (χ2v) is 9.14. The Hall–Kier alpha value is -2.58. The van der Waals surface area contributed by atoms with Gasteiger partial charge in [0.2, 0.25) is 0 Å². The molecule has 0 unspecified atom stereocenters. The van der Waals surface area contributed by atoms with Crippen LogP contribution in [0.2, 0.25) is 5.02 Å². The molecule has 31 heavy (non-hydrogen) atoms. The maximum Gasteiger partial charge on any atom is 0.307 e. The van der Waals surface area contributed by atoms with Gasteiger partial charge in [0.15, 0.2) is 11.5 Å². The summed E-state index contributed by atoms with van der Waals surface area (Å²) in [5.74, 6) is 0.668. The normalized spacial score (nSPS) is 15.0. The Labute approximate surface area is 187 Å². The van der Waals surface area contributed by atoms with Gasteiger partial charge in [0.05, 0.1) is 23.2 Å². The van der Waals surface area contributed by atoms with E-state index in [-0.39, 0.29) is 25.1 Å². The molecule has 0 atom stereocenters. The van der Waals surface area contributed by atoms with Crippen molar-refractivity contribution in [2.45, 2.75) is 45.3 Å². The molecule has 0 spiro atoms. The molecule has 0 saturated heterocycles. The minimum Gasteiger partial charge on any atom is -0.486 e. The van der Waals surface area contributed by atoms with E-state index in [9.17, 15) is 9.59 Å². The predicted octanol–water partition coefficient (Wildman–Crippen LogP) is 3.89. The standard InChI is InChI=1S/C22H21ClN2O5S/c23-15-9-13(10-16-20(15)29-8-7-28-16)11-30-18(26)5-6-25-12-24-21-19(22(25)27)14-3-1-2-4-17(14)31-21/h9-10,12H,1-8,11H2. The van der Waals surface area contributed by atoms with E-state index >= 15 is 0 Å². The first-order chi connectivity index (χ1) is 15.1. The van der Waals surface area contributed by atoms with Crippen LogP contribution in [0.25, 0.3) is 10.2 Å². The molecule has 9 heteroatoms. The number of aromatic nitrogens is 2. The summed E-state index contributed by atoms with van der Waals surface area (Å²) < 4.78 is 17.9. The average Bonchev–Trinajstić information content (AvgIpc) is 3.17. The van der Waals surface area contributed by atoms with Gasteiger partial charge >= 0.3 is 5.97 Å². The van der Waals surface area contributed by atoms with Crippen molar-refractivity contribution in [2.75, 3.05) is 13.2 Å². The molecule has 0 radical (unpaired) electrons. The topological polar surface area (TPSA) is 79.7 Å². The summed E-state index contributed by atoms with van der Waals surface area (Å²) in [6.07, 6.45) is 5.82. The molecule has 0 bridgehead atoms. The summed E-state index contributed by atoms with van der Waals surface area (Å²) in [6.45, 7) is 1.20. The second-order valence-electron chi connectivity index (χ2n) is 7.65. The lowest BCUT2D eigenvalue weighted by atomic mass is 9.97. The van der Waals surface area contributed by atoms with E-state index in [1.54, 1.807) is 23.5 Å². The van der Waals surface area contributed by atoms with Crippen LogP contribution in [-0.2, 0) is 35.5 Å². The van der Waals surface area contributed by atoms with Crippen molar-refractivity contribution >= 4 is 39.1 Å². The number of hydrogen-bond acceptors (Lipinski definition) is 7. The molecule has 2 aliphatic rings. The summed E-state index contributed by atoms with van der Waals surface area (Å²) in [5, 5.41) is 1.15. The van der Waals surface area contributed by atoms with Gasteiger partial charge in [-0.25, -0.2) is 4.98 Å². The van der Waals surface area contributed by atoms with Crippen LogP contribution in [-0.4, -0.2) is 28.7 Å². The largest absolute Gasteiger partial charge is 0.486 e. The van der Waals surface area contributed by atoms with E-state index in [0.717, 1.165) is 41.5 Å². The minimum atomic E-state index is -0.398. The van der Waals surface area contributed by atoms with Gasteiger partial charge in [-0.15, -0.1) is 11.3 Å². The summed E-state index contributed by atoms with van der Waals surface area (Å²) >= 11 is 7.84. The maximum absolute atomic E-state index is 13.0. The molecule has 3 aromatic rings. The molecule has 0 saturated carbocycles. The third-order valence-electron chi connectivity index (χ3n) is 5.56. The summed E-state index contributed by atoms with van der Waals surface area (Å²) in [5.41, 5.74) is 1.79. The Morgan fingerprint density at radius 3 is 2.97 bits per heavy atom. The number of ether oxygens (including phenoxy) is 3. The van der Waals surface area contributed by atoms with Crippen LogP contribution in [0.5, 0.6) is 11.5 Å². The van der Waals surface area contributed by atoms with E-state index in [0.29, 0.717) is 35.3 Å². The molecule has 0 fully saturated rings. The number of thiophene rings is 1. The average molecular weight is 461 g/mol. The van der Waals surface area contributed by atoms with E-state index in [2.05, 4.69) is 4.98 Å². The summed E-state index contributed by atoms with van der Waals surface area (Å²) in [6, 6.07) is 3.46. The Kier molecular flexibility index (Phi) is 5.58. The van der Waals surface area contributed by atoms with Crippen molar-refractivity contribution in [1.29, 1.82) is 0 Å². The number of carbonyl (C=O) groups excluding carboxylic acids is 1. The number of halogens is 1. The number of benzene rings is 1. The fourth-order valence-corrected chi connectivity index (χ4v) is 5.54. The van der Waals surface area contributed by atoms with Crippen molar-refractivity contribution in [3.63, 3.8) is 0 Å². The lowest BCUT2D eigenvalue weighted by molar-refractivity contribution is -0.145. The number of hydrogen-bond donors (Lipinski definition) is 0. The highest BCUT2D eigenvalue weighted by Crippen LogP contribution is 2.38. The fourth-order valence-electron chi connectivity index (χ4n) is 4.04. The lowest BCUT2D eigenvalue weighted by Gasteiger charge is -2.20. The molecule has 5 rings (SSSR count). The Morgan fingerprint density at radius 2 is 2.06 bits per heavy atom. The van der Waals surface area contributed by atoms with Crippen LogP contribution < -0.4 is 15.0 Å². The first-order valence-corrected chi connectivity index (χ1v) is 11.5. The lowest BCUT2D eigenvalue weighted by Crippen LogP contribution is -2.23. The zero-order chi connectivity index (χ0) is 21.4. The van der Waals surface area contributed by atoms with Gasteiger partial charge < -0.3 is 14.2 Å². The van der Waals surface area contributed by atoms with Crippen LogP contribution >= 0.6 is 22.9 Å². The van der Waals surface area contributed by atoms with E-state index < -0.39 is 5.97 Å². The molecule has 162 valence electrons. The molecule has 2 aromatic heterocycles. The summed E-state index contributed by atoms with van der Waals surface area (Å²) in [7, 11) is 0. The van der Waals surface area contributed by atoms with Crippen LogP contribution in [0.3, 0.4) is 0 Å². The monoisotopic (exact) mass is 460 g/mol. The highest BCUT2D eigenvalue weighted by Gasteiger charge is 2.20. The van der Waals surface area contributed by atoms with E-state index in [4.69, 9.17) is 25.8 Å². The minimum absolute atomic E-state index is 0.0689. The molecule has 0 N–H and O–H groups in total. The predicted molar refractivity (Wildman–Crippen MR) is 117 cm³/mol. The SMILES string of the molecule is O=C(CCn1cnc2sc3c(c2c1=O)CCCC3)OCc1cc(Cl)c2c(c1)OCCO2. The summed E-state index contributed by atoms with van der Waals surface area (Å²) in [4.78, 5) is 31.8. The quantitative estimate of drug-likeness (QED) is 0.537. The Bertz CT molecular complexity index is 1220. The van der Waals surface area contributed by atoms with E-state index in [1.165, 1.54) is 15.8 Å². The Morgan fingerprint density at radius 1 is 1.23 bits per heavy atom. The Balaban J connectivity index is 1.24. The van der Waals surface area contributed by atoms with Crippen molar-refractivity contribution in [3.8, 4) is 11.5 Å². The van der Waals surface area contributed by atoms with Crippen molar-refractivity contribution in [3.05, 3.63) is 49.8 Å². The van der Waals surface area contributed by atoms with Crippen molar-refractivity contribution in [2.24, 2.45) is 0 Å². The molecule has 1 aliphatic carbocycles. The molecule has 1 aliphatic heterocycles. The third kappa shape index (κ3) is 4.02. The molecule has 0 amide bonds.